The molecule has 1 saturated heterocycles. The second-order valence-corrected chi connectivity index (χ2v) is 8.72. The van der Waals surface area contributed by atoms with Gasteiger partial charge in [-0.1, -0.05) is 51.9 Å². The van der Waals surface area contributed by atoms with Crippen LogP contribution in [0.2, 0.25) is 0 Å². The molecule has 4 nitrogen and oxygen atoms in total. The maximum atomic E-state index is 6.04. The molecule has 4 unspecified atom stereocenters. The van der Waals surface area contributed by atoms with E-state index in [2.05, 4.69) is 6.92 Å². The van der Waals surface area contributed by atoms with Crippen LogP contribution in [-0.4, -0.2) is 38.0 Å². The number of ether oxygens (including phenoxy) is 4. The molecule has 0 aromatic rings. The predicted molar refractivity (Wildman–Crippen MR) is 114 cm³/mol. The van der Waals surface area contributed by atoms with E-state index in [0.717, 1.165) is 12.3 Å². The summed E-state index contributed by atoms with van der Waals surface area (Å²) in [5.41, 5.74) is 0. The largest absolute Gasteiger partial charge is 0.370 e. The summed E-state index contributed by atoms with van der Waals surface area (Å²) in [6, 6.07) is 0. The summed E-state index contributed by atoms with van der Waals surface area (Å²) < 4.78 is 23.8. The molecule has 1 saturated carbocycles. The van der Waals surface area contributed by atoms with Gasteiger partial charge in [0.05, 0.1) is 12.2 Å². The Morgan fingerprint density at radius 3 is 2.11 bits per heavy atom. The number of hydrogen-bond acceptors (Lipinski definition) is 4. The minimum Gasteiger partial charge on any atom is -0.370 e. The van der Waals surface area contributed by atoms with Crippen LogP contribution in [0, 0.1) is 11.8 Å². The Labute approximate surface area is 174 Å². The van der Waals surface area contributed by atoms with Crippen LogP contribution < -0.4 is 0 Å². The third-order valence-electron chi connectivity index (χ3n) is 6.44. The molecule has 1 heterocycles. The number of unbranched alkanes of at least 4 members (excludes halogenated alkanes) is 4. The Kier molecular flexibility index (Phi) is 11.4. The summed E-state index contributed by atoms with van der Waals surface area (Å²) in [7, 11) is 0. The van der Waals surface area contributed by atoms with E-state index in [9.17, 15) is 0 Å². The molecule has 0 bridgehead atoms. The molecule has 1 aliphatic heterocycles. The molecule has 0 amide bonds. The Morgan fingerprint density at radius 1 is 0.821 bits per heavy atom. The van der Waals surface area contributed by atoms with E-state index in [4.69, 9.17) is 18.9 Å². The highest BCUT2D eigenvalue weighted by atomic mass is 16.9. The zero-order chi connectivity index (χ0) is 20.2. The third kappa shape index (κ3) is 8.30. The average molecular weight is 399 g/mol. The van der Waals surface area contributed by atoms with Crippen molar-refractivity contribution in [3.8, 4) is 0 Å². The molecule has 2 aliphatic rings. The summed E-state index contributed by atoms with van der Waals surface area (Å²) in [6.07, 6.45) is 16.4. The number of epoxide rings is 1. The van der Waals surface area contributed by atoms with Gasteiger partial charge in [-0.2, -0.15) is 0 Å². The van der Waals surface area contributed by atoms with Gasteiger partial charge in [-0.05, 0) is 58.3 Å². The Bertz CT molecular complexity index is 383. The molecule has 28 heavy (non-hydrogen) atoms. The summed E-state index contributed by atoms with van der Waals surface area (Å²) >= 11 is 0. The molecule has 4 heteroatoms. The fourth-order valence-corrected chi connectivity index (χ4v) is 4.92. The third-order valence-corrected chi connectivity index (χ3v) is 6.44. The standard InChI is InChI=1S/C24H46O4/c1-5-9-10-11-12-13-21(15-14-20-16-17-22-23(18-20)28-22)19-24(25-6-2,26-7-3)27-8-4/h20-23H,5-19H2,1-4H3. The Morgan fingerprint density at radius 2 is 1.50 bits per heavy atom. The minimum absolute atomic E-state index is 0.584. The first-order chi connectivity index (χ1) is 13.7. The first kappa shape index (κ1) is 24.1. The van der Waals surface area contributed by atoms with Crippen LogP contribution in [0.4, 0.5) is 0 Å². The number of fused-ring (bicyclic) bond motifs is 1. The molecular weight excluding hydrogens is 352 g/mol. The highest BCUT2D eigenvalue weighted by Gasteiger charge is 2.44. The highest BCUT2D eigenvalue weighted by Crippen LogP contribution is 2.42. The molecule has 0 aromatic carbocycles. The summed E-state index contributed by atoms with van der Waals surface area (Å²) in [4.78, 5) is 0. The lowest BCUT2D eigenvalue weighted by atomic mass is 9.82. The van der Waals surface area contributed by atoms with E-state index in [-0.39, 0.29) is 0 Å². The molecule has 4 atom stereocenters. The van der Waals surface area contributed by atoms with Gasteiger partial charge in [0.2, 0.25) is 0 Å². The van der Waals surface area contributed by atoms with Gasteiger partial charge in [0.25, 0.3) is 5.97 Å². The van der Waals surface area contributed by atoms with Crippen molar-refractivity contribution >= 4 is 0 Å². The van der Waals surface area contributed by atoms with Gasteiger partial charge in [0, 0.05) is 26.2 Å². The molecule has 0 radical (unpaired) electrons. The van der Waals surface area contributed by atoms with Crippen molar-refractivity contribution in [3.63, 3.8) is 0 Å². The lowest BCUT2D eigenvalue weighted by molar-refractivity contribution is -0.384. The molecule has 2 fully saturated rings. The van der Waals surface area contributed by atoms with Crippen LogP contribution in [0.5, 0.6) is 0 Å². The number of rotatable bonds is 17. The monoisotopic (exact) mass is 398 g/mol. The fourth-order valence-electron chi connectivity index (χ4n) is 4.92. The zero-order valence-electron chi connectivity index (χ0n) is 19.0. The van der Waals surface area contributed by atoms with Crippen LogP contribution in [0.15, 0.2) is 0 Å². The summed E-state index contributed by atoms with van der Waals surface area (Å²) in [6.45, 7) is 10.2. The van der Waals surface area contributed by atoms with Gasteiger partial charge in [0.1, 0.15) is 0 Å². The molecular formula is C24H46O4. The Balaban J connectivity index is 1.89. The van der Waals surface area contributed by atoms with Crippen molar-refractivity contribution in [2.24, 2.45) is 11.8 Å². The van der Waals surface area contributed by atoms with Gasteiger partial charge in [-0.3, -0.25) is 0 Å². The van der Waals surface area contributed by atoms with Crippen LogP contribution in [0.25, 0.3) is 0 Å². The van der Waals surface area contributed by atoms with E-state index in [0.29, 0.717) is 37.9 Å². The normalized spacial score (nSPS) is 25.5. The topological polar surface area (TPSA) is 40.2 Å². The van der Waals surface area contributed by atoms with Crippen LogP contribution in [0.3, 0.4) is 0 Å². The van der Waals surface area contributed by atoms with Gasteiger partial charge < -0.3 is 18.9 Å². The van der Waals surface area contributed by atoms with Gasteiger partial charge >= 0.3 is 0 Å². The van der Waals surface area contributed by atoms with Crippen molar-refractivity contribution in [3.05, 3.63) is 0 Å². The fraction of sp³-hybridized carbons (Fsp3) is 1.00. The lowest BCUT2D eigenvalue weighted by Gasteiger charge is -2.36. The molecule has 0 N–H and O–H groups in total. The zero-order valence-corrected chi connectivity index (χ0v) is 19.0. The van der Waals surface area contributed by atoms with Crippen LogP contribution >= 0.6 is 0 Å². The van der Waals surface area contributed by atoms with Crippen molar-refractivity contribution in [1.29, 1.82) is 0 Å². The minimum atomic E-state index is -0.858. The van der Waals surface area contributed by atoms with E-state index in [1.54, 1.807) is 0 Å². The van der Waals surface area contributed by atoms with Gasteiger partial charge in [0.15, 0.2) is 0 Å². The quantitative estimate of drug-likeness (QED) is 0.160. The van der Waals surface area contributed by atoms with Crippen LogP contribution in [0.1, 0.15) is 105 Å². The van der Waals surface area contributed by atoms with E-state index in [1.807, 2.05) is 20.8 Å². The first-order valence-corrected chi connectivity index (χ1v) is 12.2. The van der Waals surface area contributed by atoms with Crippen molar-refractivity contribution in [1.82, 2.24) is 0 Å². The van der Waals surface area contributed by atoms with Gasteiger partial charge in [-0.15, -0.1) is 0 Å². The summed E-state index contributed by atoms with van der Waals surface area (Å²) in [5.74, 6) is 0.583. The number of hydrogen-bond donors (Lipinski definition) is 0. The molecule has 0 aromatic heterocycles. The predicted octanol–water partition coefficient (Wildman–Crippen LogP) is 6.46. The van der Waals surface area contributed by atoms with Crippen molar-refractivity contribution < 1.29 is 18.9 Å². The second-order valence-electron chi connectivity index (χ2n) is 8.72. The van der Waals surface area contributed by atoms with E-state index >= 15 is 0 Å². The molecule has 0 spiro atoms. The molecule has 166 valence electrons. The first-order valence-electron chi connectivity index (χ1n) is 12.2. The lowest BCUT2D eigenvalue weighted by Crippen LogP contribution is -2.41. The van der Waals surface area contributed by atoms with E-state index < -0.39 is 5.97 Å². The van der Waals surface area contributed by atoms with Crippen LogP contribution in [-0.2, 0) is 18.9 Å². The second kappa shape index (κ2) is 13.2. The van der Waals surface area contributed by atoms with E-state index in [1.165, 1.54) is 70.6 Å². The SMILES string of the molecule is CCCCCCCC(CCC1CCC2OC2C1)CC(OCC)(OCC)OCC. The van der Waals surface area contributed by atoms with Crippen molar-refractivity contribution in [2.45, 2.75) is 123 Å². The average Bonchev–Trinajstić information content (AvgIpc) is 3.45. The maximum Gasteiger partial charge on any atom is 0.283 e. The van der Waals surface area contributed by atoms with Gasteiger partial charge in [-0.25, -0.2) is 0 Å². The highest BCUT2D eigenvalue weighted by molar-refractivity contribution is 4.92. The smallest absolute Gasteiger partial charge is 0.283 e. The molecule has 1 aliphatic carbocycles. The summed E-state index contributed by atoms with van der Waals surface area (Å²) in [5, 5.41) is 0. The molecule has 2 rings (SSSR count). The Hall–Kier alpha value is -0.160. The maximum absolute atomic E-state index is 6.04. The van der Waals surface area contributed by atoms with Crippen molar-refractivity contribution in [2.75, 3.05) is 19.8 Å².